The third kappa shape index (κ3) is 3.55. The van der Waals surface area contributed by atoms with Gasteiger partial charge in [-0.3, -0.25) is 0 Å². The minimum Gasteiger partial charge on any atom is -0.192 e. The Morgan fingerprint density at radius 2 is 1.31 bits per heavy atom. The quantitative estimate of drug-likeness (QED) is 0.194. The molecular weight excluding hydrogens is 600 g/mol. The number of nitriles is 2. The zero-order chi connectivity index (χ0) is 28.5. The Labute approximate surface area is 257 Å². The zero-order valence-corrected chi connectivity index (χ0v) is 24.5. The van der Waals surface area contributed by atoms with Gasteiger partial charge in [-0.2, -0.15) is 10.5 Å². The molecule has 0 spiro atoms. The van der Waals surface area contributed by atoms with Gasteiger partial charge < -0.3 is 0 Å². The lowest BCUT2D eigenvalue weighted by atomic mass is 9.73. The highest BCUT2D eigenvalue weighted by molar-refractivity contribution is 9.10. The Kier molecular flexibility index (Phi) is 5.63. The van der Waals surface area contributed by atoms with Crippen LogP contribution in [-0.2, 0) is 0 Å². The monoisotopic (exact) mass is 618 g/mol. The Bertz CT molecular complexity index is 2210. The molecule has 0 bridgehead atoms. The molecule has 0 saturated heterocycles. The van der Waals surface area contributed by atoms with Crippen molar-refractivity contribution < 1.29 is 0 Å². The molecule has 3 aliphatic rings. The molecule has 0 amide bonds. The van der Waals surface area contributed by atoms with E-state index in [0.717, 1.165) is 48.6 Å². The summed E-state index contributed by atoms with van der Waals surface area (Å²) in [4.78, 5) is 0. The molecule has 196 valence electrons. The first-order valence-corrected chi connectivity index (χ1v) is 14.9. The topological polar surface area (TPSA) is 47.6 Å². The van der Waals surface area contributed by atoms with Crippen molar-refractivity contribution in [2.75, 3.05) is 0 Å². The smallest absolute Gasteiger partial charge is 0.0991 e. The molecule has 0 N–H and O–H groups in total. The second-order valence-electron chi connectivity index (χ2n) is 10.9. The zero-order valence-electron chi connectivity index (χ0n) is 22.2. The summed E-state index contributed by atoms with van der Waals surface area (Å²) in [5.74, 6) is 0.520. The van der Waals surface area contributed by atoms with Crippen LogP contribution in [0.25, 0.3) is 49.7 Å². The van der Waals surface area contributed by atoms with E-state index in [4.69, 9.17) is 11.6 Å². The number of rotatable bonds is 2. The maximum Gasteiger partial charge on any atom is 0.0991 e. The van der Waals surface area contributed by atoms with E-state index in [-0.39, 0.29) is 11.8 Å². The van der Waals surface area contributed by atoms with Gasteiger partial charge in [0.25, 0.3) is 0 Å². The van der Waals surface area contributed by atoms with Crippen LogP contribution in [0.4, 0.5) is 0 Å². The van der Waals surface area contributed by atoms with Crippen molar-refractivity contribution >= 4 is 43.9 Å². The number of allylic oxidation sites excluding steroid dienone is 5. The number of halogens is 2. The third-order valence-electron chi connectivity index (χ3n) is 8.71. The van der Waals surface area contributed by atoms with Gasteiger partial charge in [0.15, 0.2) is 0 Å². The number of nitrogens with zero attached hydrogens (tertiary/aromatic N) is 2. The molecule has 3 aliphatic carbocycles. The summed E-state index contributed by atoms with van der Waals surface area (Å²) in [6.07, 6.45) is 11.3. The molecule has 2 unspecified atom stereocenters. The van der Waals surface area contributed by atoms with Crippen LogP contribution < -0.4 is 0 Å². The molecule has 4 heteroatoms. The highest BCUT2D eigenvalue weighted by atomic mass is 79.9. The fraction of sp³-hybridized carbons (Fsp3) is 0.0526. The van der Waals surface area contributed by atoms with Crippen molar-refractivity contribution in [3.63, 3.8) is 0 Å². The predicted octanol–water partition coefficient (Wildman–Crippen LogP) is 10.6. The summed E-state index contributed by atoms with van der Waals surface area (Å²) in [5, 5.41) is 22.3. The van der Waals surface area contributed by atoms with Gasteiger partial charge in [0.1, 0.15) is 0 Å². The maximum absolute atomic E-state index is 9.83. The highest BCUT2D eigenvalue weighted by Gasteiger charge is 2.38. The molecule has 5 aromatic rings. The first-order chi connectivity index (χ1) is 20.6. The first-order valence-electron chi connectivity index (χ1n) is 13.8. The summed E-state index contributed by atoms with van der Waals surface area (Å²) < 4.78 is 0.806. The molecule has 0 radical (unpaired) electrons. The molecular formula is C38H20BrClN2. The Morgan fingerprint density at radius 3 is 2.02 bits per heavy atom. The molecule has 2 atom stereocenters. The molecule has 42 heavy (non-hydrogen) atoms. The van der Waals surface area contributed by atoms with Crippen molar-refractivity contribution in [1.29, 1.82) is 10.5 Å². The third-order valence-corrected chi connectivity index (χ3v) is 9.91. The summed E-state index contributed by atoms with van der Waals surface area (Å²) in [5.41, 5.74) is 12.6. The fourth-order valence-corrected chi connectivity index (χ4v) is 7.55. The summed E-state index contributed by atoms with van der Waals surface area (Å²) >= 11 is 10.5. The van der Waals surface area contributed by atoms with E-state index >= 15 is 0 Å². The van der Waals surface area contributed by atoms with E-state index in [1.165, 1.54) is 22.3 Å². The largest absolute Gasteiger partial charge is 0.192 e. The van der Waals surface area contributed by atoms with Crippen LogP contribution in [-0.4, -0.2) is 0 Å². The highest BCUT2D eigenvalue weighted by Crippen LogP contribution is 2.60. The molecule has 2 nitrogen and oxygen atoms in total. The average molecular weight is 620 g/mol. The number of benzene rings is 5. The summed E-state index contributed by atoms with van der Waals surface area (Å²) in [6.45, 7) is 0. The lowest BCUT2D eigenvalue weighted by molar-refractivity contribution is 0.690. The number of hydrogen-bond acceptors (Lipinski definition) is 2. The van der Waals surface area contributed by atoms with Crippen LogP contribution in [0.15, 0.2) is 114 Å². The second kappa shape index (κ2) is 9.43. The molecule has 5 aromatic carbocycles. The van der Waals surface area contributed by atoms with Crippen LogP contribution in [0, 0.1) is 28.6 Å². The Morgan fingerprint density at radius 1 is 0.667 bits per heavy atom. The lowest BCUT2D eigenvalue weighted by Crippen LogP contribution is -2.15. The minimum absolute atomic E-state index is 0.245. The second-order valence-corrected chi connectivity index (χ2v) is 12.2. The molecule has 0 aliphatic heterocycles. The molecule has 8 rings (SSSR count). The van der Waals surface area contributed by atoms with E-state index in [1.807, 2.05) is 42.5 Å². The van der Waals surface area contributed by atoms with Gasteiger partial charge in [-0.1, -0.05) is 84.4 Å². The lowest BCUT2D eigenvalue weighted by Gasteiger charge is -2.30. The average Bonchev–Trinajstić information content (AvgIpc) is 3.35. The molecule has 0 heterocycles. The number of fused-ring (bicyclic) bond motifs is 6. The van der Waals surface area contributed by atoms with Crippen molar-refractivity contribution in [2.45, 2.75) is 5.92 Å². The SMILES string of the molecule is N#Cc1cccc(-c2c3c(c(-c4cccc(C#N)c4)c4cc(Cl)c(Br)cc24)-c2cccc4c2C3=CC2C=CC=CC42)c1. The van der Waals surface area contributed by atoms with Gasteiger partial charge in [0, 0.05) is 16.3 Å². The van der Waals surface area contributed by atoms with E-state index in [9.17, 15) is 10.5 Å². The van der Waals surface area contributed by atoms with Gasteiger partial charge in [-0.25, -0.2) is 0 Å². The van der Waals surface area contributed by atoms with Crippen molar-refractivity contribution in [2.24, 2.45) is 5.92 Å². The Balaban J connectivity index is 1.62. The van der Waals surface area contributed by atoms with E-state index < -0.39 is 0 Å². The maximum atomic E-state index is 9.83. The van der Waals surface area contributed by atoms with Crippen LogP contribution >= 0.6 is 27.5 Å². The van der Waals surface area contributed by atoms with Crippen LogP contribution in [0.2, 0.25) is 5.02 Å². The Hall–Kier alpha value is -4.67. The van der Waals surface area contributed by atoms with Crippen LogP contribution in [0.1, 0.15) is 33.7 Å². The van der Waals surface area contributed by atoms with Crippen LogP contribution in [0.3, 0.4) is 0 Å². The molecule has 0 saturated carbocycles. The van der Waals surface area contributed by atoms with E-state index in [2.05, 4.69) is 94.8 Å². The van der Waals surface area contributed by atoms with Crippen LogP contribution in [0.5, 0.6) is 0 Å². The number of hydrogen-bond donors (Lipinski definition) is 0. The minimum atomic E-state index is 0.245. The van der Waals surface area contributed by atoms with Crippen molar-refractivity contribution in [1.82, 2.24) is 0 Å². The summed E-state index contributed by atoms with van der Waals surface area (Å²) in [6, 6.07) is 31.1. The van der Waals surface area contributed by atoms with Crippen molar-refractivity contribution in [3.05, 3.63) is 147 Å². The fourth-order valence-electron chi connectivity index (χ4n) is 7.04. The predicted molar refractivity (Wildman–Crippen MR) is 174 cm³/mol. The molecule has 0 aromatic heterocycles. The molecule has 0 fully saturated rings. The van der Waals surface area contributed by atoms with E-state index in [1.54, 1.807) is 0 Å². The van der Waals surface area contributed by atoms with E-state index in [0.29, 0.717) is 16.1 Å². The van der Waals surface area contributed by atoms with Gasteiger partial charge in [-0.05, 0) is 119 Å². The van der Waals surface area contributed by atoms with Gasteiger partial charge >= 0.3 is 0 Å². The van der Waals surface area contributed by atoms with Crippen molar-refractivity contribution in [3.8, 4) is 45.5 Å². The summed E-state index contributed by atoms with van der Waals surface area (Å²) in [7, 11) is 0. The van der Waals surface area contributed by atoms with Gasteiger partial charge in [-0.15, -0.1) is 0 Å². The first kappa shape index (κ1) is 25.1. The van der Waals surface area contributed by atoms with Gasteiger partial charge in [0.05, 0.1) is 28.3 Å². The standard InChI is InChI=1S/C38H20BrClN2/c39-32-17-29-30(18-33(32)40)35(25-10-4-7-22(15-25)20-42)37-28-13-5-12-27-26-11-2-1-8-23(26)16-31(36(27)28)38(37)34(29)24-9-3-6-21(14-24)19-41/h1-18,23,26H. The van der Waals surface area contributed by atoms with Gasteiger partial charge in [0.2, 0.25) is 0 Å². The normalized spacial score (nSPS) is 17.2.